The smallest absolute Gasteiger partial charge is 0.289 e. The Morgan fingerprint density at radius 3 is 2.54 bits per heavy atom. The van der Waals surface area contributed by atoms with E-state index in [9.17, 15) is 18.0 Å². The van der Waals surface area contributed by atoms with Crippen LogP contribution in [0.2, 0.25) is 0 Å². The lowest BCUT2D eigenvalue weighted by atomic mass is 9.96. The summed E-state index contributed by atoms with van der Waals surface area (Å²) in [7, 11) is 0. The molecule has 0 spiro atoms. The van der Waals surface area contributed by atoms with Gasteiger partial charge in [0.2, 0.25) is 5.78 Å². The minimum Gasteiger partial charge on any atom is -0.289 e. The lowest BCUT2D eigenvalue weighted by molar-refractivity contribution is -0.170. The van der Waals surface area contributed by atoms with E-state index < -0.39 is 18.4 Å². The minimum absolute atomic E-state index is 0.441. The number of hydrogen-bond acceptors (Lipinski definition) is 1. The Morgan fingerprint density at radius 1 is 1.38 bits per heavy atom. The third kappa shape index (κ3) is 3.20. The van der Waals surface area contributed by atoms with Crippen molar-refractivity contribution in [2.75, 3.05) is 0 Å². The first-order valence-corrected chi connectivity index (χ1v) is 4.28. The van der Waals surface area contributed by atoms with Gasteiger partial charge in [-0.15, -0.1) is 0 Å². The summed E-state index contributed by atoms with van der Waals surface area (Å²) in [6, 6.07) is 0. The molecular formula is C9H11F3O. The Hall–Kier alpha value is -0.800. The van der Waals surface area contributed by atoms with E-state index in [1.165, 1.54) is 0 Å². The van der Waals surface area contributed by atoms with Crippen LogP contribution in [0.5, 0.6) is 0 Å². The molecule has 0 aromatic carbocycles. The van der Waals surface area contributed by atoms with Gasteiger partial charge in [-0.05, 0) is 25.7 Å². The van der Waals surface area contributed by atoms with Gasteiger partial charge in [0.25, 0.3) is 0 Å². The van der Waals surface area contributed by atoms with E-state index in [0.717, 1.165) is 19.3 Å². The molecule has 1 aliphatic rings. The minimum atomic E-state index is -4.67. The van der Waals surface area contributed by atoms with Crippen molar-refractivity contribution >= 4 is 5.78 Å². The third-order valence-corrected chi connectivity index (χ3v) is 2.09. The molecule has 74 valence electrons. The van der Waals surface area contributed by atoms with Crippen LogP contribution in [0.1, 0.15) is 32.1 Å². The highest BCUT2D eigenvalue weighted by atomic mass is 19.4. The van der Waals surface area contributed by atoms with Crippen LogP contribution in [0.15, 0.2) is 11.6 Å². The monoisotopic (exact) mass is 192 g/mol. The summed E-state index contributed by atoms with van der Waals surface area (Å²) in [6.07, 6.45) is 0.0118. The maximum atomic E-state index is 11.8. The van der Waals surface area contributed by atoms with Gasteiger partial charge in [0.1, 0.15) is 0 Å². The quantitative estimate of drug-likeness (QED) is 0.614. The molecule has 0 aromatic heterocycles. The molecule has 1 rings (SSSR count). The van der Waals surface area contributed by atoms with Crippen LogP contribution in [0.3, 0.4) is 0 Å². The fraction of sp³-hybridized carbons (Fsp3) is 0.667. The largest absolute Gasteiger partial charge is 0.450 e. The van der Waals surface area contributed by atoms with E-state index >= 15 is 0 Å². The number of alkyl halides is 3. The number of halogens is 3. The van der Waals surface area contributed by atoms with Crippen LogP contribution in [-0.2, 0) is 4.79 Å². The maximum absolute atomic E-state index is 11.8. The Morgan fingerprint density at radius 2 is 2.08 bits per heavy atom. The van der Waals surface area contributed by atoms with Crippen molar-refractivity contribution < 1.29 is 18.0 Å². The lowest BCUT2D eigenvalue weighted by Crippen LogP contribution is -2.23. The Kier molecular flexibility index (Phi) is 3.12. The zero-order chi connectivity index (χ0) is 9.90. The first kappa shape index (κ1) is 10.3. The molecule has 0 heterocycles. The SMILES string of the molecule is O=C(CC1=CCCCC1)C(F)(F)F. The van der Waals surface area contributed by atoms with Crippen molar-refractivity contribution in [1.82, 2.24) is 0 Å². The molecule has 1 nitrogen and oxygen atoms in total. The van der Waals surface area contributed by atoms with Crippen molar-refractivity contribution in [3.63, 3.8) is 0 Å². The van der Waals surface area contributed by atoms with Gasteiger partial charge >= 0.3 is 6.18 Å². The van der Waals surface area contributed by atoms with Crippen LogP contribution in [0, 0.1) is 0 Å². The highest BCUT2D eigenvalue weighted by Gasteiger charge is 2.38. The summed E-state index contributed by atoms with van der Waals surface area (Å²) in [4.78, 5) is 10.6. The number of Topliss-reactive ketones (excluding diaryl/α,β-unsaturated/α-hetero) is 1. The molecule has 1 aliphatic carbocycles. The molecule has 0 atom stereocenters. The topological polar surface area (TPSA) is 17.1 Å². The van der Waals surface area contributed by atoms with Crippen molar-refractivity contribution in [1.29, 1.82) is 0 Å². The highest BCUT2D eigenvalue weighted by Crippen LogP contribution is 2.25. The summed E-state index contributed by atoms with van der Waals surface area (Å²) in [5.41, 5.74) is 0.647. The standard InChI is InChI=1S/C9H11F3O/c10-9(11,12)8(13)6-7-4-2-1-3-5-7/h4H,1-3,5-6H2. The molecule has 0 bridgehead atoms. The number of rotatable bonds is 2. The molecule has 0 aliphatic heterocycles. The molecule has 4 heteroatoms. The summed E-state index contributed by atoms with van der Waals surface area (Å²) >= 11 is 0. The second-order valence-corrected chi connectivity index (χ2v) is 3.21. The van der Waals surface area contributed by atoms with E-state index in [2.05, 4.69) is 0 Å². The number of hydrogen-bond donors (Lipinski definition) is 0. The van der Waals surface area contributed by atoms with E-state index in [4.69, 9.17) is 0 Å². The van der Waals surface area contributed by atoms with Crippen LogP contribution >= 0.6 is 0 Å². The highest BCUT2D eigenvalue weighted by molar-refractivity contribution is 5.86. The molecule has 0 saturated heterocycles. The van der Waals surface area contributed by atoms with E-state index in [1.807, 2.05) is 0 Å². The molecule has 0 aromatic rings. The zero-order valence-corrected chi connectivity index (χ0v) is 7.16. The summed E-state index contributed by atoms with van der Waals surface area (Å²) in [5.74, 6) is -1.62. The first-order valence-electron chi connectivity index (χ1n) is 4.28. The van der Waals surface area contributed by atoms with Crippen molar-refractivity contribution in [3.05, 3.63) is 11.6 Å². The van der Waals surface area contributed by atoms with Gasteiger partial charge in [0.05, 0.1) is 0 Å². The first-order chi connectivity index (χ1) is 6.00. The predicted octanol–water partition coefficient (Wildman–Crippen LogP) is 3.01. The molecule has 13 heavy (non-hydrogen) atoms. The van der Waals surface area contributed by atoms with Gasteiger partial charge in [-0.3, -0.25) is 4.79 Å². The summed E-state index contributed by atoms with van der Waals surface area (Å²) in [5, 5.41) is 0. The van der Waals surface area contributed by atoms with Crippen molar-refractivity contribution in [3.8, 4) is 0 Å². The molecular weight excluding hydrogens is 181 g/mol. The van der Waals surface area contributed by atoms with Gasteiger partial charge in [-0.25, -0.2) is 0 Å². The van der Waals surface area contributed by atoms with Gasteiger partial charge in [-0.2, -0.15) is 13.2 Å². The van der Waals surface area contributed by atoms with Crippen LogP contribution < -0.4 is 0 Å². The third-order valence-electron chi connectivity index (χ3n) is 2.09. The van der Waals surface area contributed by atoms with Gasteiger partial charge in [-0.1, -0.05) is 11.6 Å². The summed E-state index contributed by atoms with van der Waals surface area (Å²) < 4.78 is 35.5. The summed E-state index contributed by atoms with van der Waals surface area (Å²) in [6.45, 7) is 0. The average molecular weight is 192 g/mol. The number of carbonyl (C=O) groups excluding carboxylic acids is 1. The zero-order valence-electron chi connectivity index (χ0n) is 7.16. The molecule has 0 saturated carbocycles. The predicted molar refractivity (Wildman–Crippen MR) is 42.2 cm³/mol. The Bertz CT molecular complexity index is 228. The van der Waals surface area contributed by atoms with Crippen molar-refractivity contribution in [2.45, 2.75) is 38.3 Å². The van der Waals surface area contributed by atoms with Crippen LogP contribution in [-0.4, -0.2) is 12.0 Å². The fourth-order valence-corrected chi connectivity index (χ4v) is 1.37. The Balaban J connectivity index is 2.49. The van der Waals surface area contributed by atoms with E-state index in [0.29, 0.717) is 12.0 Å². The Labute approximate surface area is 74.6 Å². The maximum Gasteiger partial charge on any atom is 0.450 e. The molecule has 0 amide bonds. The number of allylic oxidation sites excluding steroid dienone is 2. The lowest BCUT2D eigenvalue weighted by Gasteiger charge is -2.12. The molecule has 0 fully saturated rings. The molecule has 0 unspecified atom stereocenters. The average Bonchev–Trinajstić information content (AvgIpc) is 2.04. The van der Waals surface area contributed by atoms with E-state index in [1.54, 1.807) is 6.08 Å². The van der Waals surface area contributed by atoms with Crippen molar-refractivity contribution in [2.24, 2.45) is 0 Å². The molecule has 0 N–H and O–H groups in total. The van der Waals surface area contributed by atoms with Gasteiger partial charge in [0, 0.05) is 6.42 Å². The fourth-order valence-electron chi connectivity index (χ4n) is 1.37. The molecule has 0 radical (unpaired) electrons. The van der Waals surface area contributed by atoms with Gasteiger partial charge in [0.15, 0.2) is 0 Å². The normalized spacial score (nSPS) is 18.2. The van der Waals surface area contributed by atoms with Crippen LogP contribution in [0.25, 0.3) is 0 Å². The van der Waals surface area contributed by atoms with Crippen LogP contribution in [0.4, 0.5) is 13.2 Å². The van der Waals surface area contributed by atoms with E-state index in [-0.39, 0.29) is 0 Å². The van der Waals surface area contributed by atoms with Gasteiger partial charge < -0.3 is 0 Å². The number of ketones is 1. The number of carbonyl (C=O) groups is 1. The second-order valence-electron chi connectivity index (χ2n) is 3.21. The second kappa shape index (κ2) is 3.94.